The molecule has 0 saturated carbocycles. The normalized spacial score (nSPS) is 19.5. The summed E-state index contributed by atoms with van der Waals surface area (Å²) in [7, 11) is 0. The van der Waals surface area contributed by atoms with Crippen molar-refractivity contribution in [1.29, 1.82) is 0 Å². The molecule has 2 aliphatic heterocycles. The lowest BCUT2D eigenvalue weighted by Gasteiger charge is -2.43. The predicted molar refractivity (Wildman–Crippen MR) is 113 cm³/mol. The van der Waals surface area contributed by atoms with Gasteiger partial charge >= 0.3 is 0 Å². The van der Waals surface area contributed by atoms with E-state index in [1.54, 1.807) is 6.20 Å². The maximum atomic E-state index is 13.4. The first-order valence-corrected chi connectivity index (χ1v) is 9.53. The summed E-state index contributed by atoms with van der Waals surface area (Å²) in [5.74, 6) is 0.208. The number of halogens is 2. The topological polar surface area (TPSA) is 82.5 Å². The second-order valence-electron chi connectivity index (χ2n) is 7.52. The Balaban J connectivity index is 0.00000196. The Kier molecular flexibility index (Phi) is 9.69. The summed E-state index contributed by atoms with van der Waals surface area (Å²) < 4.78 is 1.85. The van der Waals surface area contributed by atoms with E-state index in [4.69, 9.17) is 0 Å². The molecule has 0 spiro atoms. The fourth-order valence-electron chi connectivity index (χ4n) is 3.88. The van der Waals surface area contributed by atoms with Crippen LogP contribution in [-0.4, -0.2) is 83.2 Å². The molecule has 2 amide bonds. The van der Waals surface area contributed by atoms with Crippen LogP contribution in [0.15, 0.2) is 18.5 Å². The van der Waals surface area contributed by atoms with Gasteiger partial charge in [0.15, 0.2) is 0 Å². The summed E-state index contributed by atoms with van der Waals surface area (Å²) in [6.07, 6.45) is 5.15. The van der Waals surface area contributed by atoms with Crippen LogP contribution in [0, 0.1) is 0 Å². The third kappa shape index (κ3) is 5.59. The first-order valence-electron chi connectivity index (χ1n) is 9.53. The van der Waals surface area contributed by atoms with Crippen LogP contribution in [0.25, 0.3) is 0 Å². The molecule has 2 saturated heterocycles. The molecular weight excluding hydrogens is 403 g/mol. The molecule has 0 aromatic carbocycles. The maximum Gasteiger partial charge on any atom is 0.250 e. The van der Waals surface area contributed by atoms with Crippen molar-refractivity contribution in [3.05, 3.63) is 18.5 Å². The van der Waals surface area contributed by atoms with E-state index in [1.165, 1.54) is 0 Å². The van der Waals surface area contributed by atoms with Crippen LogP contribution in [0.5, 0.6) is 0 Å². The molecule has 2 N–H and O–H groups in total. The third-order valence-corrected chi connectivity index (χ3v) is 5.25. The molecule has 2 aliphatic rings. The summed E-state index contributed by atoms with van der Waals surface area (Å²) in [6.45, 7) is 8.73. The lowest BCUT2D eigenvalue weighted by molar-refractivity contribution is -0.145. The molecule has 160 valence electrons. The Morgan fingerprint density at radius 2 is 1.79 bits per heavy atom. The number of nitrogens with one attached hydrogen (secondary N) is 2. The van der Waals surface area contributed by atoms with Gasteiger partial charge in [0.2, 0.25) is 5.91 Å². The second kappa shape index (κ2) is 11.0. The monoisotopic (exact) mass is 434 g/mol. The van der Waals surface area contributed by atoms with Gasteiger partial charge in [-0.25, -0.2) is 0 Å². The van der Waals surface area contributed by atoms with Gasteiger partial charge in [-0.15, -0.1) is 24.8 Å². The molecular formula is C18H32Cl2N6O2. The molecule has 0 radical (unpaired) electrons. The first-order chi connectivity index (χ1) is 12.5. The Labute approximate surface area is 179 Å². The van der Waals surface area contributed by atoms with E-state index in [0.717, 1.165) is 39.0 Å². The Hall–Kier alpha value is -1.35. The minimum Gasteiger partial charge on any atom is -0.353 e. The highest BCUT2D eigenvalue weighted by atomic mass is 35.5. The number of piperazine rings is 1. The average molecular weight is 435 g/mol. The largest absolute Gasteiger partial charge is 0.353 e. The number of hydrogen-bond acceptors (Lipinski definition) is 5. The molecule has 1 aromatic heterocycles. The minimum absolute atomic E-state index is 0. The van der Waals surface area contributed by atoms with E-state index in [-0.39, 0.29) is 42.7 Å². The molecule has 10 heteroatoms. The lowest BCUT2D eigenvalue weighted by Crippen LogP contribution is -2.60. The maximum absolute atomic E-state index is 13.4. The lowest BCUT2D eigenvalue weighted by atomic mass is 9.86. The summed E-state index contributed by atoms with van der Waals surface area (Å²) in [4.78, 5) is 29.4. The Morgan fingerprint density at radius 1 is 1.14 bits per heavy atom. The van der Waals surface area contributed by atoms with Crippen LogP contribution < -0.4 is 10.6 Å². The summed E-state index contributed by atoms with van der Waals surface area (Å²) in [5, 5.41) is 10.6. The third-order valence-electron chi connectivity index (χ3n) is 5.25. The fraction of sp³-hybridized carbons (Fsp3) is 0.722. The number of rotatable bonds is 5. The Bertz CT molecular complexity index is 612. The number of amides is 2. The Morgan fingerprint density at radius 3 is 2.32 bits per heavy atom. The summed E-state index contributed by atoms with van der Waals surface area (Å²) in [6, 6.07) is 2.03. The van der Waals surface area contributed by atoms with Gasteiger partial charge in [-0.3, -0.25) is 19.2 Å². The van der Waals surface area contributed by atoms with E-state index in [1.807, 2.05) is 35.7 Å². The van der Waals surface area contributed by atoms with Crippen LogP contribution >= 0.6 is 24.8 Å². The highest BCUT2D eigenvalue weighted by Crippen LogP contribution is 2.29. The van der Waals surface area contributed by atoms with Crippen LogP contribution in [0.3, 0.4) is 0 Å². The van der Waals surface area contributed by atoms with E-state index >= 15 is 0 Å². The molecule has 1 aromatic rings. The van der Waals surface area contributed by atoms with Crippen molar-refractivity contribution >= 4 is 36.6 Å². The average Bonchev–Trinajstić information content (AvgIpc) is 3.17. The van der Waals surface area contributed by atoms with Gasteiger partial charge in [-0.2, -0.15) is 5.10 Å². The van der Waals surface area contributed by atoms with Crippen LogP contribution in [0.2, 0.25) is 0 Å². The molecule has 0 unspecified atom stereocenters. The minimum atomic E-state index is -0.577. The zero-order valence-electron chi connectivity index (χ0n) is 16.6. The van der Waals surface area contributed by atoms with Gasteiger partial charge in [0.1, 0.15) is 5.54 Å². The zero-order valence-corrected chi connectivity index (χ0v) is 18.2. The molecule has 0 bridgehead atoms. The number of hydrogen-bond donors (Lipinski definition) is 2. The first kappa shape index (κ1) is 24.7. The van der Waals surface area contributed by atoms with E-state index in [0.29, 0.717) is 19.6 Å². The summed E-state index contributed by atoms with van der Waals surface area (Å²) in [5.41, 5.74) is -0.577. The van der Waals surface area contributed by atoms with Gasteiger partial charge < -0.3 is 15.5 Å². The molecule has 2 fully saturated rings. The second-order valence-corrected chi connectivity index (χ2v) is 7.52. The molecule has 0 aliphatic carbocycles. The number of piperidine rings is 1. The SMILES string of the molecule is CC(C)NC(=O)CN1CCN(C(=O)C2(n3cccn3)CCNCC2)CC1.Cl.Cl. The smallest absolute Gasteiger partial charge is 0.250 e. The molecule has 0 atom stereocenters. The van der Waals surface area contributed by atoms with Crippen molar-refractivity contribution in [2.75, 3.05) is 45.8 Å². The number of carbonyl (C=O) groups is 2. The van der Waals surface area contributed by atoms with Crippen molar-refractivity contribution in [1.82, 2.24) is 30.2 Å². The van der Waals surface area contributed by atoms with Crippen molar-refractivity contribution in [2.24, 2.45) is 0 Å². The van der Waals surface area contributed by atoms with Gasteiger partial charge in [0.25, 0.3) is 5.91 Å². The van der Waals surface area contributed by atoms with E-state index < -0.39 is 5.54 Å². The van der Waals surface area contributed by atoms with Gasteiger partial charge in [-0.05, 0) is 45.8 Å². The fourth-order valence-corrected chi connectivity index (χ4v) is 3.88. The van der Waals surface area contributed by atoms with Crippen molar-refractivity contribution < 1.29 is 9.59 Å². The van der Waals surface area contributed by atoms with E-state index in [9.17, 15) is 9.59 Å². The van der Waals surface area contributed by atoms with Crippen molar-refractivity contribution in [3.8, 4) is 0 Å². The molecule has 8 nitrogen and oxygen atoms in total. The van der Waals surface area contributed by atoms with Gasteiger partial charge in [0.05, 0.1) is 6.54 Å². The highest BCUT2D eigenvalue weighted by Gasteiger charge is 2.44. The van der Waals surface area contributed by atoms with Crippen LogP contribution in [0.4, 0.5) is 0 Å². The molecule has 3 heterocycles. The number of nitrogens with zero attached hydrogens (tertiary/aromatic N) is 4. The van der Waals surface area contributed by atoms with Gasteiger partial charge in [0, 0.05) is 44.6 Å². The van der Waals surface area contributed by atoms with Crippen molar-refractivity contribution in [3.63, 3.8) is 0 Å². The quantitative estimate of drug-likeness (QED) is 0.703. The molecule has 3 rings (SSSR count). The predicted octanol–water partition coefficient (Wildman–Crippen LogP) is 0.474. The summed E-state index contributed by atoms with van der Waals surface area (Å²) >= 11 is 0. The molecule has 28 heavy (non-hydrogen) atoms. The van der Waals surface area contributed by atoms with Gasteiger partial charge in [-0.1, -0.05) is 0 Å². The number of aromatic nitrogens is 2. The highest BCUT2D eigenvalue weighted by molar-refractivity contribution is 5.86. The van der Waals surface area contributed by atoms with E-state index in [2.05, 4.69) is 20.6 Å². The van der Waals surface area contributed by atoms with Crippen LogP contribution in [-0.2, 0) is 15.1 Å². The van der Waals surface area contributed by atoms with Crippen molar-refractivity contribution in [2.45, 2.75) is 38.3 Å². The van der Waals surface area contributed by atoms with Crippen LogP contribution in [0.1, 0.15) is 26.7 Å². The number of carbonyl (C=O) groups excluding carboxylic acids is 2. The standard InChI is InChI=1S/C18H30N6O2.2ClH/c1-15(2)21-16(25)14-22-10-12-23(13-11-22)17(26)18(4-7-19-8-5-18)24-9-3-6-20-24;;/h3,6,9,15,19H,4-5,7-8,10-14H2,1-2H3,(H,21,25);2*1H. The zero-order chi connectivity index (χ0) is 18.6.